The Kier molecular flexibility index (Phi) is 9.22. The summed E-state index contributed by atoms with van der Waals surface area (Å²) in [6, 6.07) is 10.4. The minimum Gasteiger partial charge on any atom is -0.491 e. The van der Waals surface area contributed by atoms with Gasteiger partial charge in [0.15, 0.2) is 11.5 Å². The van der Waals surface area contributed by atoms with Gasteiger partial charge in [0.25, 0.3) is 0 Å². The molecule has 2 atom stereocenters. The first-order valence-electron chi connectivity index (χ1n) is 11.8. The van der Waals surface area contributed by atoms with Gasteiger partial charge in [-0.1, -0.05) is 37.6 Å². The maximum atomic E-state index is 14.1. The van der Waals surface area contributed by atoms with Crippen molar-refractivity contribution in [2.75, 3.05) is 19.7 Å². The lowest BCUT2D eigenvalue weighted by Crippen LogP contribution is -2.38. The van der Waals surface area contributed by atoms with E-state index in [0.29, 0.717) is 48.0 Å². The number of ether oxygens (including phenoxy) is 1. The van der Waals surface area contributed by atoms with Crippen LogP contribution in [-0.4, -0.2) is 56.4 Å². The third-order valence-electron chi connectivity index (χ3n) is 6.34. The Morgan fingerprint density at radius 1 is 1.11 bits per heavy atom. The summed E-state index contributed by atoms with van der Waals surface area (Å²) in [6.45, 7) is 3.17. The molecule has 1 fully saturated rings. The van der Waals surface area contributed by atoms with Crippen LogP contribution in [0.2, 0.25) is 0 Å². The number of unbranched alkanes of at least 4 members (excludes halogenated alkanes) is 1. The normalized spacial score (nSPS) is 16.9. The lowest BCUT2D eigenvalue weighted by Gasteiger charge is -2.30. The Hall–Kier alpha value is -2.66. The first-order chi connectivity index (χ1) is 16.8. The lowest BCUT2D eigenvalue weighted by molar-refractivity contribution is -0.183. The van der Waals surface area contributed by atoms with Gasteiger partial charge < -0.3 is 10.5 Å². The number of aromatic nitrogens is 4. The first-order valence-corrected chi connectivity index (χ1v) is 11.8. The van der Waals surface area contributed by atoms with E-state index in [4.69, 9.17) is 15.5 Å². The number of hydrogen-bond acceptors (Lipinski definition) is 6. The molecule has 3 aromatic heterocycles. The average Bonchev–Trinajstić information content (AvgIpc) is 3.44. The molecule has 200 valence electrons. The molecule has 5 rings (SSSR count). The monoisotopic (exact) mass is 556 g/mol. The SMILES string of the molecule is CCCCOc1cccc2ccc(-c3nnc4ccc(C(N5CCC(N)C5)C(F)(F)F)cn34)nc12.Cl.Cl. The molecule has 0 saturated carbocycles. The molecule has 1 saturated heterocycles. The number of halogens is 5. The maximum absolute atomic E-state index is 14.1. The van der Waals surface area contributed by atoms with Crippen LogP contribution < -0.4 is 10.5 Å². The molecule has 37 heavy (non-hydrogen) atoms. The predicted octanol–water partition coefficient (Wildman–Crippen LogP) is 5.60. The summed E-state index contributed by atoms with van der Waals surface area (Å²) in [5.74, 6) is 1.03. The van der Waals surface area contributed by atoms with Gasteiger partial charge in [-0.05, 0) is 36.6 Å². The van der Waals surface area contributed by atoms with Crippen LogP contribution in [-0.2, 0) is 0 Å². The van der Waals surface area contributed by atoms with Crippen LogP contribution in [0.1, 0.15) is 37.8 Å². The van der Waals surface area contributed by atoms with Gasteiger partial charge in [-0.25, -0.2) is 4.98 Å². The fourth-order valence-electron chi connectivity index (χ4n) is 4.59. The Balaban J connectivity index is 0.00000190. The maximum Gasteiger partial charge on any atom is 0.408 e. The zero-order valence-corrected chi connectivity index (χ0v) is 21.8. The summed E-state index contributed by atoms with van der Waals surface area (Å²) in [5.41, 5.74) is 7.63. The molecule has 7 nitrogen and oxygen atoms in total. The molecule has 1 aliphatic rings. The zero-order valence-electron chi connectivity index (χ0n) is 20.2. The van der Waals surface area contributed by atoms with Gasteiger partial charge in [-0.3, -0.25) is 9.30 Å². The van der Waals surface area contributed by atoms with Crippen molar-refractivity contribution in [2.45, 2.75) is 44.4 Å². The molecular weight excluding hydrogens is 528 g/mol. The Bertz CT molecular complexity index is 1350. The van der Waals surface area contributed by atoms with Gasteiger partial charge in [0, 0.05) is 30.7 Å². The number of benzene rings is 1. The van der Waals surface area contributed by atoms with E-state index in [9.17, 15) is 13.2 Å². The highest BCUT2D eigenvalue weighted by Gasteiger charge is 2.46. The molecule has 4 aromatic rings. The molecule has 4 heterocycles. The quantitative estimate of drug-likeness (QED) is 0.298. The minimum absolute atomic E-state index is 0. The van der Waals surface area contributed by atoms with E-state index >= 15 is 0 Å². The van der Waals surface area contributed by atoms with Crippen LogP contribution in [0.4, 0.5) is 13.2 Å². The van der Waals surface area contributed by atoms with Crippen LogP contribution in [0, 0.1) is 0 Å². The molecule has 2 N–H and O–H groups in total. The zero-order chi connectivity index (χ0) is 24.6. The summed E-state index contributed by atoms with van der Waals surface area (Å²) >= 11 is 0. The van der Waals surface area contributed by atoms with E-state index < -0.39 is 12.2 Å². The average molecular weight is 557 g/mol. The number of hydrogen-bond donors (Lipinski definition) is 1. The van der Waals surface area contributed by atoms with Crippen molar-refractivity contribution in [1.29, 1.82) is 0 Å². The second-order valence-corrected chi connectivity index (χ2v) is 8.93. The fourth-order valence-corrected chi connectivity index (χ4v) is 4.59. The summed E-state index contributed by atoms with van der Waals surface area (Å²) in [6.07, 6.45) is -0.508. The predicted molar refractivity (Wildman–Crippen MR) is 142 cm³/mol. The summed E-state index contributed by atoms with van der Waals surface area (Å²) < 4.78 is 49.9. The van der Waals surface area contributed by atoms with E-state index in [1.807, 2.05) is 24.3 Å². The Morgan fingerprint density at radius 3 is 2.62 bits per heavy atom. The minimum atomic E-state index is -4.45. The number of rotatable bonds is 7. The van der Waals surface area contributed by atoms with Gasteiger partial charge in [-0.15, -0.1) is 35.0 Å². The molecule has 1 aliphatic heterocycles. The second kappa shape index (κ2) is 11.8. The molecule has 0 spiro atoms. The number of nitrogens with zero attached hydrogens (tertiary/aromatic N) is 5. The molecule has 2 unspecified atom stereocenters. The smallest absolute Gasteiger partial charge is 0.408 e. The summed E-state index contributed by atoms with van der Waals surface area (Å²) in [7, 11) is 0. The molecule has 0 bridgehead atoms. The molecule has 0 aliphatic carbocycles. The Morgan fingerprint density at radius 2 is 1.92 bits per heavy atom. The van der Waals surface area contributed by atoms with Crippen molar-refractivity contribution in [3.63, 3.8) is 0 Å². The van der Waals surface area contributed by atoms with Crippen LogP contribution in [0.5, 0.6) is 5.75 Å². The first kappa shape index (κ1) is 28.9. The van der Waals surface area contributed by atoms with E-state index in [1.165, 1.54) is 17.2 Å². The topological polar surface area (TPSA) is 81.6 Å². The highest BCUT2D eigenvalue weighted by atomic mass is 35.5. The molecule has 12 heteroatoms. The van der Waals surface area contributed by atoms with Gasteiger partial charge in [0.2, 0.25) is 0 Å². The van der Waals surface area contributed by atoms with E-state index in [1.54, 1.807) is 16.5 Å². The van der Waals surface area contributed by atoms with Crippen molar-refractivity contribution >= 4 is 41.4 Å². The van der Waals surface area contributed by atoms with Crippen molar-refractivity contribution < 1.29 is 17.9 Å². The largest absolute Gasteiger partial charge is 0.491 e. The number of fused-ring (bicyclic) bond motifs is 2. The molecule has 0 amide bonds. The number of pyridine rings is 2. The van der Waals surface area contributed by atoms with Gasteiger partial charge in [0.1, 0.15) is 23.0 Å². The van der Waals surface area contributed by atoms with Crippen LogP contribution >= 0.6 is 24.8 Å². The van der Waals surface area contributed by atoms with E-state index in [0.717, 1.165) is 18.2 Å². The summed E-state index contributed by atoms with van der Waals surface area (Å²) in [5, 5.41) is 9.30. The van der Waals surface area contributed by atoms with Crippen LogP contribution in [0.3, 0.4) is 0 Å². The number of likely N-dealkylation sites (tertiary alicyclic amines) is 1. The van der Waals surface area contributed by atoms with Crippen molar-refractivity contribution in [3.05, 3.63) is 54.2 Å². The van der Waals surface area contributed by atoms with Gasteiger partial charge in [-0.2, -0.15) is 13.2 Å². The standard InChI is InChI=1S/C25H27F3N6O.2ClH/c1-2-3-13-35-20-6-4-5-16-7-9-19(30-22(16)20)24-32-31-21-10-8-17(14-34(21)24)23(25(26,27)28)33-12-11-18(29)15-33;;/h4-10,14,18,23H,2-3,11-13,15,29H2,1H3;2*1H. The van der Waals surface area contributed by atoms with E-state index in [2.05, 4.69) is 17.1 Å². The number of nitrogens with two attached hydrogens (primary N) is 1. The fraction of sp³-hybridized carbons (Fsp3) is 0.400. The van der Waals surface area contributed by atoms with Crippen molar-refractivity contribution in [1.82, 2.24) is 24.5 Å². The highest BCUT2D eigenvalue weighted by Crippen LogP contribution is 2.39. The molecule has 1 aromatic carbocycles. The molecule has 0 radical (unpaired) electrons. The lowest BCUT2D eigenvalue weighted by atomic mass is 10.1. The second-order valence-electron chi connectivity index (χ2n) is 8.93. The Labute approximate surface area is 225 Å². The van der Waals surface area contributed by atoms with Crippen molar-refractivity contribution in [3.8, 4) is 17.3 Å². The number of alkyl halides is 3. The summed E-state index contributed by atoms with van der Waals surface area (Å²) in [4.78, 5) is 6.15. The molecular formula is C25H29Cl2F3N6O. The van der Waals surface area contributed by atoms with Gasteiger partial charge in [0.05, 0.1) is 6.61 Å². The van der Waals surface area contributed by atoms with Crippen LogP contribution in [0.25, 0.3) is 28.1 Å². The third kappa shape index (κ3) is 5.93. The van der Waals surface area contributed by atoms with Crippen molar-refractivity contribution in [2.24, 2.45) is 5.73 Å². The number of para-hydroxylation sites is 1. The van der Waals surface area contributed by atoms with Gasteiger partial charge >= 0.3 is 6.18 Å². The van der Waals surface area contributed by atoms with E-state index in [-0.39, 0.29) is 43.0 Å². The third-order valence-corrected chi connectivity index (χ3v) is 6.34. The van der Waals surface area contributed by atoms with Crippen LogP contribution in [0.15, 0.2) is 48.7 Å². The highest BCUT2D eigenvalue weighted by molar-refractivity contribution is 5.86.